The Hall–Kier alpha value is -3.16. The van der Waals surface area contributed by atoms with Gasteiger partial charge in [0.2, 0.25) is 0 Å². The molecule has 0 aliphatic heterocycles. The lowest BCUT2D eigenvalue weighted by Crippen LogP contribution is -2.37. The quantitative estimate of drug-likeness (QED) is 0.455. The molecule has 2 heterocycles. The topological polar surface area (TPSA) is 78.9 Å². The van der Waals surface area contributed by atoms with Gasteiger partial charge in [0.15, 0.2) is 11.3 Å². The van der Waals surface area contributed by atoms with Gasteiger partial charge >= 0.3 is 5.69 Å². The molecule has 7 nitrogen and oxygen atoms in total. The van der Waals surface area contributed by atoms with E-state index in [0.717, 1.165) is 10.1 Å². The lowest BCUT2D eigenvalue weighted by molar-refractivity contribution is 0.103. The Morgan fingerprint density at radius 1 is 1.00 bits per heavy atom. The predicted molar refractivity (Wildman–Crippen MR) is 116 cm³/mol. The van der Waals surface area contributed by atoms with Gasteiger partial charge in [-0.3, -0.25) is 18.7 Å². The third kappa shape index (κ3) is 3.36. The molecule has 0 radical (unpaired) electrons. The molecule has 30 heavy (non-hydrogen) atoms. The standard InChI is InChI=1S/C21H16Cl2N4O3/c1-25-19-17(20(29)26(2)21(25)30)24-11-27(19)10-12-3-5-13(6-4-12)18(28)15-8-7-14(22)9-16(15)23/h3-9,11H,10H2,1-2H3. The third-order valence-corrected chi connectivity index (χ3v) is 5.50. The fourth-order valence-electron chi connectivity index (χ4n) is 3.34. The molecule has 2 aromatic heterocycles. The van der Waals surface area contributed by atoms with Crippen molar-refractivity contribution in [1.29, 1.82) is 0 Å². The van der Waals surface area contributed by atoms with E-state index >= 15 is 0 Å². The number of aromatic nitrogens is 4. The van der Waals surface area contributed by atoms with Crippen LogP contribution in [0.15, 0.2) is 58.4 Å². The molecule has 0 bridgehead atoms. The van der Waals surface area contributed by atoms with Crippen molar-refractivity contribution in [3.8, 4) is 0 Å². The van der Waals surface area contributed by atoms with E-state index in [1.807, 2.05) is 12.1 Å². The van der Waals surface area contributed by atoms with Crippen LogP contribution in [0.1, 0.15) is 21.5 Å². The maximum atomic E-state index is 12.7. The van der Waals surface area contributed by atoms with Gasteiger partial charge in [-0.2, -0.15) is 0 Å². The Kier molecular flexibility index (Phi) is 5.09. The summed E-state index contributed by atoms with van der Waals surface area (Å²) in [6, 6.07) is 11.8. The molecule has 0 saturated heterocycles. The van der Waals surface area contributed by atoms with Crippen LogP contribution in [0, 0.1) is 0 Å². The minimum Gasteiger partial charge on any atom is -0.312 e. The second kappa shape index (κ2) is 7.59. The molecule has 4 rings (SSSR count). The first kappa shape index (κ1) is 20.1. The highest BCUT2D eigenvalue weighted by Gasteiger charge is 2.16. The number of nitrogens with zero attached hydrogens (tertiary/aromatic N) is 4. The number of carbonyl (C=O) groups excluding carboxylic acids is 1. The van der Waals surface area contributed by atoms with Gasteiger partial charge in [0.05, 0.1) is 17.9 Å². The second-order valence-corrected chi connectivity index (χ2v) is 7.74. The summed E-state index contributed by atoms with van der Waals surface area (Å²) >= 11 is 12.0. The minimum absolute atomic E-state index is 0.206. The summed E-state index contributed by atoms with van der Waals surface area (Å²) in [5.41, 5.74) is 1.55. The van der Waals surface area contributed by atoms with Gasteiger partial charge in [-0.05, 0) is 23.8 Å². The highest BCUT2D eigenvalue weighted by atomic mass is 35.5. The molecule has 0 unspecified atom stereocenters. The Balaban J connectivity index is 1.66. The number of benzene rings is 2. The van der Waals surface area contributed by atoms with Gasteiger partial charge in [0, 0.05) is 30.2 Å². The van der Waals surface area contributed by atoms with Crippen molar-refractivity contribution in [1.82, 2.24) is 18.7 Å². The smallest absolute Gasteiger partial charge is 0.312 e. The molecule has 4 aromatic rings. The largest absolute Gasteiger partial charge is 0.332 e. The zero-order chi connectivity index (χ0) is 21.6. The SMILES string of the molecule is Cn1c(=O)c2ncn(Cc3ccc(C(=O)c4ccc(Cl)cc4Cl)cc3)c2n(C)c1=O. The lowest BCUT2D eigenvalue weighted by Gasteiger charge is -2.09. The van der Waals surface area contributed by atoms with Gasteiger partial charge < -0.3 is 4.57 Å². The van der Waals surface area contributed by atoms with Crippen molar-refractivity contribution >= 4 is 40.1 Å². The van der Waals surface area contributed by atoms with Gasteiger partial charge in [0.25, 0.3) is 5.56 Å². The highest BCUT2D eigenvalue weighted by Crippen LogP contribution is 2.24. The molecule has 0 aliphatic rings. The highest BCUT2D eigenvalue weighted by molar-refractivity contribution is 6.37. The fraction of sp³-hybridized carbons (Fsp3) is 0.143. The van der Waals surface area contributed by atoms with E-state index in [-0.39, 0.29) is 11.3 Å². The Morgan fingerprint density at radius 2 is 1.70 bits per heavy atom. The summed E-state index contributed by atoms with van der Waals surface area (Å²) in [6.45, 7) is 0.382. The third-order valence-electron chi connectivity index (χ3n) is 4.95. The number of carbonyl (C=O) groups is 1. The summed E-state index contributed by atoms with van der Waals surface area (Å²) in [6.07, 6.45) is 1.53. The van der Waals surface area contributed by atoms with E-state index in [2.05, 4.69) is 4.98 Å². The first-order chi connectivity index (χ1) is 14.3. The van der Waals surface area contributed by atoms with Gasteiger partial charge in [-0.1, -0.05) is 47.5 Å². The van der Waals surface area contributed by atoms with Crippen LogP contribution in [-0.4, -0.2) is 24.5 Å². The van der Waals surface area contributed by atoms with E-state index in [1.54, 1.807) is 35.9 Å². The van der Waals surface area contributed by atoms with Crippen molar-refractivity contribution in [2.24, 2.45) is 14.1 Å². The molecule has 0 fully saturated rings. The normalized spacial score (nSPS) is 11.2. The van der Waals surface area contributed by atoms with Crippen LogP contribution >= 0.6 is 23.2 Å². The zero-order valence-corrected chi connectivity index (χ0v) is 17.6. The van der Waals surface area contributed by atoms with Crippen molar-refractivity contribution in [3.63, 3.8) is 0 Å². The molecule has 0 saturated carbocycles. The van der Waals surface area contributed by atoms with Crippen LogP contribution in [-0.2, 0) is 20.6 Å². The lowest BCUT2D eigenvalue weighted by atomic mass is 10.0. The minimum atomic E-state index is -0.437. The van der Waals surface area contributed by atoms with Gasteiger partial charge in [-0.15, -0.1) is 0 Å². The van der Waals surface area contributed by atoms with Crippen LogP contribution in [0.2, 0.25) is 10.0 Å². The molecule has 0 spiro atoms. The van der Waals surface area contributed by atoms with Crippen LogP contribution in [0.3, 0.4) is 0 Å². The van der Waals surface area contributed by atoms with Gasteiger partial charge in [-0.25, -0.2) is 9.78 Å². The number of aryl methyl sites for hydroxylation is 1. The number of fused-ring (bicyclic) bond motifs is 1. The zero-order valence-electron chi connectivity index (χ0n) is 16.1. The first-order valence-corrected chi connectivity index (χ1v) is 9.73. The summed E-state index contributed by atoms with van der Waals surface area (Å²) in [5, 5.41) is 0.757. The van der Waals surface area contributed by atoms with E-state index in [9.17, 15) is 14.4 Å². The van der Waals surface area contributed by atoms with Crippen LogP contribution in [0.5, 0.6) is 0 Å². The maximum Gasteiger partial charge on any atom is 0.332 e. The van der Waals surface area contributed by atoms with Crippen molar-refractivity contribution in [2.75, 3.05) is 0 Å². The molecule has 0 atom stereocenters. The summed E-state index contributed by atoms with van der Waals surface area (Å²) < 4.78 is 4.15. The van der Waals surface area contributed by atoms with E-state index in [4.69, 9.17) is 23.2 Å². The van der Waals surface area contributed by atoms with Crippen molar-refractivity contribution in [3.05, 3.63) is 96.4 Å². The monoisotopic (exact) mass is 442 g/mol. The summed E-state index contributed by atoms with van der Waals surface area (Å²) in [4.78, 5) is 41.4. The second-order valence-electron chi connectivity index (χ2n) is 6.90. The number of hydrogen-bond donors (Lipinski definition) is 0. The summed E-state index contributed by atoms with van der Waals surface area (Å²) in [7, 11) is 3.02. The van der Waals surface area contributed by atoms with Crippen molar-refractivity contribution in [2.45, 2.75) is 6.54 Å². The van der Waals surface area contributed by atoms with E-state index < -0.39 is 11.2 Å². The van der Waals surface area contributed by atoms with Crippen LogP contribution < -0.4 is 11.2 Å². The number of imidazole rings is 1. The average Bonchev–Trinajstić information content (AvgIpc) is 3.14. The number of ketones is 1. The van der Waals surface area contributed by atoms with E-state index in [0.29, 0.717) is 33.4 Å². The average molecular weight is 443 g/mol. The fourth-order valence-corrected chi connectivity index (χ4v) is 3.84. The molecule has 0 aliphatic carbocycles. The van der Waals surface area contributed by atoms with Crippen molar-refractivity contribution < 1.29 is 4.79 Å². The Labute approximate surface area is 180 Å². The first-order valence-electron chi connectivity index (χ1n) is 8.97. The van der Waals surface area contributed by atoms with Crippen LogP contribution in [0.4, 0.5) is 0 Å². The molecule has 0 amide bonds. The molecule has 152 valence electrons. The Morgan fingerprint density at radius 3 is 2.37 bits per heavy atom. The predicted octanol–water partition coefficient (Wildman–Crippen LogP) is 3.02. The maximum absolute atomic E-state index is 12.7. The Bertz CT molecular complexity index is 1420. The summed E-state index contributed by atoms with van der Waals surface area (Å²) in [5.74, 6) is -0.206. The molecule has 2 aromatic carbocycles. The van der Waals surface area contributed by atoms with Gasteiger partial charge in [0.1, 0.15) is 5.65 Å². The molecule has 0 N–H and O–H groups in total. The number of rotatable bonds is 4. The molecular weight excluding hydrogens is 427 g/mol. The van der Waals surface area contributed by atoms with Crippen LogP contribution in [0.25, 0.3) is 11.2 Å². The molecule has 9 heteroatoms. The van der Waals surface area contributed by atoms with E-state index in [1.165, 1.54) is 24.0 Å². The molecular formula is C21H16Cl2N4O3. The number of halogens is 2. The number of hydrogen-bond acceptors (Lipinski definition) is 4.